The van der Waals surface area contributed by atoms with Crippen LogP contribution in [0.2, 0.25) is 0 Å². The lowest BCUT2D eigenvalue weighted by Crippen LogP contribution is -2.06. The largest absolute Gasteiger partial charge is 0.382 e. The van der Waals surface area contributed by atoms with Gasteiger partial charge in [-0.05, 0) is 42.3 Å². The molecule has 0 atom stereocenters. The highest BCUT2D eigenvalue weighted by Gasteiger charge is 2.01. The van der Waals surface area contributed by atoms with Crippen LogP contribution in [-0.2, 0) is 6.42 Å². The lowest BCUT2D eigenvalue weighted by Gasteiger charge is -2.07. The van der Waals surface area contributed by atoms with E-state index < -0.39 is 0 Å². The predicted octanol–water partition coefficient (Wildman–Crippen LogP) is 3.64. The number of benzene rings is 1. The minimum atomic E-state index is -0.233. The van der Waals surface area contributed by atoms with Crippen molar-refractivity contribution < 1.29 is 4.39 Å². The molecular weight excluding hydrogens is 283 g/mol. The highest BCUT2D eigenvalue weighted by atomic mass is 79.9. The molecule has 0 amide bonds. The molecule has 2 aromatic rings. The van der Waals surface area contributed by atoms with Crippen LogP contribution in [0.3, 0.4) is 0 Å². The fourth-order valence-corrected chi connectivity index (χ4v) is 1.89. The molecule has 0 aliphatic carbocycles. The number of aromatic nitrogens is 1. The molecule has 17 heavy (non-hydrogen) atoms. The standard InChI is InChI=1S/C13H12BrFN2/c14-11-1-2-12(15)13(9-11)17-8-5-10-3-6-16-7-4-10/h1-4,6-7,9,17H,5,8H2. The zero-order chi connectivity index (χ0) is 12.1. The Morgan fingerprint density at radius 1 is 1.18 bits per heavy atom. The molecular formula is C13H12BrFN2. The van der Waals surface area contributed by atoms with E-state index in [-0.39, 0.29) is 5.82 Å². The number of nitrogens with one attached hydrogen (secondary N) is 1. The van der Waals surface area contributed by atoms with Gasteiger partial charge in [0, 0.05) is 23.4 Å². The van der Waals surface area contributed by atoms with Gasteiger partial charge in [0.1, 0.15) is 5.82 Å². The summed E-state index contributed by atoms with van der Waals surface area (Å²) in [4.78, 5) is 3.95. The molecule has 0 unspecified atom stereocenters. The van der Waals surface area contributed by atoms with Crippen LogP contribution < -0.4 is 5.32 Å². The van der Waals surface area contributed by atoms with Gasteiger partial charge in [-0.25, -0.2) is 4.39 Å². The normalized spacial score (nSPS) is 10.2. The van der Waals surface area contributed by atoms with Crippen molar-refractivity contribution in [3.63, 3.8) is 0 Å². The second-order valence-electron chi connectivity index (χ2n) is 3.66. The Morgan fingerprint density at radius 2 is 1.94 bits per heavy atom. The van der Waals surface area contributed by atoms with Crippen LogP contribution in [0, 0.1) is 5.82 Å². The van der Waals surface area contributed by atoms with Gasteiger partial charge in [0.05, 0.1) is 5.69 Å². The van der Waals surface area contributed by atoms with E-state index in [4.69, 9.17) is 0 Å². The van der Waals surface area contributed by atoms with Crippen molar-refractivity contribution in [1.29, 1.82) is 0 Å². The van der Waals surface area contributed by atoms with E-state index in [1.807, 2.05) is 12.1 Å². The van der Waals surface area contributed by atoms with Crippen LogP contribution >= 0.6 is 15.9 Å². The minimum Gasteiger partial charge on any atom is -0.382 e. The van der Waals surface area contributed by atoms with Gasteiger partial charge in [0.2, 0.25) is 0 Å². The number of rotatable bonds is 4. The quantitative estimate of drug-likeness (QED) is 0.931. The molecule has 1 aromatic heterocycles. The summed E-state index contributed by atoms with van der Waals surface area (Å²) >= 11 is 3.32. The molecule has 2 rings (SSSR count). The molecule has 1 aromatic carbocycles. The molecule has 0 aliphatic rings. The van der Waals surface area contributed by atoms with Crippen LogP contribution in [0.15, 0.2) is 47.2 Å². The third-order valence-corrected chi connectivity index (χ3v) is 2.90. The van der Waals surface area contributed by atoms with Crippen LogP contribution in [0.5, 0.6) is 0 Å². The molecule has 0 saturated heterocycles. The smallest absolute Gasteiger partial charge is 0.146 e. The summed E-state index contributed by atoms with van der Waals surface area (Å²) in [5.74, 6) is -0.233. The van der Waals surface area contributed by atoms with Crippen molar-refractivity contribution in [3.8, 4) is 0 Å². The Balaban J connectivity index is 1.92. The first-order valence-electron chi connectivity index (χ1n) is 5.33. The van der Waals surface area contributed by atoms with Crippen LogP contribution in [0.1, 0.15) is 5.56 Å². The van der Waals surface area contributed by atoms with Gasteiger partial charge >= 0.3 is 0 Å². The van der Waals surface area contributed by atoms with Gasteiger partial charge in [-0.3, -0.25) is 4.98 Å². The Bertz CT molecular complexity index is 488. The number of nitrogens with zero attached hydrogens (tertiary/aromatic N) is 1. The van der Waals surface area contributed by atoms with Crippen LogP contribution in [0.4, 0.5) is 10.1 Å². The molecule has 0 spiro atoms. The predicted molar refractivity (Wildman–Crippen MR) is 70.5 cm³/mol. The summed E-state index contributed by atoms with van der Waals surface area (Å²) in [6.45, 7) is 0.692. The summed E-state index contributed by atoms with van der Waals surface area (Å²) in [6.07, 6.45) is 4.36. The Labute approximate surface area is 108 Å². The van der Waals surface area contributed by atoms with E-state index in [0.29, 0.717) is 12.2 Å². The lowest BCUT2D eigenvalue weighted by molar-refractivity contribution is 0.630. The number of anilines is 1. The van der Waals surface area contributed by atoms with Gasteiger partial charge in [0.25, 0.3) is 0 Å². The third kappa shape index (κ3) is 3.53. The van der Waals surface area contributed by atoms with E-state index in [2.05, 4.69) is 26.2 Å². The van der Waals surface area contributed by atoms with Gasteiger partial charge in [0.15, 0.2) is 0 Å². The van der Waals surface area contributed by atoms with Gasteiger partial charge < -0.3 is 5.32 Å². The van der Waals surface area contributed by atoms with Gasteiger partial charge in [-0.2, -0.15) is 0 Å². The topological polar surface area (TPSA) is 24.9 Å². The zero-order valence-electron chi connectivity index (χ0n) is 9.16. The monoisotopic (exact) mass is 294 g/mol. The van der Waals surface area contributed by atoms with E-state index in [9.17, 15) is 4.39 Å². The Hall–Kier alpha value is -1.42. The molecule has 88 valence electrons. The molecule has 1 heterocycles. The highest BCUT2D eigenvalue weighted by molar-refractivity contribution is 9.10. The summed E-state index contributed by atoms with van der Waals surface area (Å²) in [7, 11) is 0. The summed E-state index contributed by atoms with van der Waals surface area (Å²) in [5.41, 5.74) is 1.70. The zero-order valence-corrected chi connectivity index (χ0v) is 10.7. The van der Waals surface area contributed by atoms with Gasteiger partial charge in [-0.1, -0.05) is 15.9 Å². The lowest BCUT2D eigenvalue weighted by atomic mass is 10.2. The fourth-order valence-electron chi connectivity index (χ4n) is 1.52. The first-order chi connectivity index (χ1) is 8.25. The summed E-state index contributed by atoms with van der Waals surface area (Å²) in [5, 5.41) is 3.08. The molecule has 0 radical (unpaired) electrons. The number of halogens is 2. The average Bonchev–Trinajstić information content (AvgIpc) is 2.35. The number of hydrogen-bond acceptors (Lipinski definition) is 2. The van der Waals surface area contributed by atoms with E-state index in [1.165, 1.54) is 11.6 Å². The highest BCUT2D eigenvalue weighted by Crippen LogP contribution is 2.19. The van der Waals surface area contributed by atoms with E-state index >= 15 is 0 Å². The van der Waals surface area contributed by atoms with Crippen molar-refractivity contribution in [2.24, 2.45) is 0 Å². The Morgan fingerprint density at radius 3 is 2.71 bits per heavy atom. The first-order valence-corrected chi connectivity index (χ1v) is 6.13. The maximum Gasteiger partial charge on any atom is 0.146 e. The molecule has 2 nitrogen and oxygen atoms in total. The molecule has 0 bridgehead atoms. The average molecular weight is 295 g/mol. The van der Waals surface area contributed by atoms with Crippen molar-refractivity contribution in [3.05, 3.63) is 58.6 Å². The third-order valence-electron chi connectivity index (χ3n) is 2.41. The fraction of sp³-hybridized carbons (Fsp3) is 0.154. The number of hydrogen-bond donors (Lipinski definition) is 1. The molecule has 1 N–H and O–H groups in total. The molecule has 0 fully saturated rings. The van der Waals surface area contributed by atoms with Crippen molar-refractivity contribution in [2.45, 2.75) is 6.42 Å². The van der Waals surface area contributed by atoms with Crippen LogP contribution in [0.25, 0.3) is 0 Å². The van der Waals surface area contributed by atoms with Crippen molar-refractivity contribution in [1.82, 2.24) is 4.98 Å². The number of pyridine rings is 1. The minimum absolute atomic E-state index is 0.233. The SMILES string of the molecule is Fc1ccc(Br)cc1NCCc1ccncc1. The van der Waals surface area contributed by atoms with Crippen LogP contribution in [-0.4, -0.2) is 11.5 Å². The summed E-state index contributed by atoms with van der Waals surface area (Å²) in [6, 6.07) is 8.78. The summed E-state index contributed by atoms with van der Waals surface area (Å²) < 4.78 is 14.3. The maximum absolute atomic E-state index is 13.4. The second kappa shape index (κ2) is 5.77. The molecule has 0 aliphatic heterocycles. The van der Waals surface area contributed by atoms with E-state index in [1.54, 1.807) is 24.5 Å². The van der Waals surface area contributed by atoms with Crippen molar-refractivity contribution in [2.75, 3.05) is 11.9 Å². The van der Waals surface area contributed by atoms with E-state index in [0.717, 1.165) is 10.9 Å². The van der Waals surface area contributed by atoms with Gasteiger partial charge in [-0.15, -0.1) is 0 Å². The molecule has 0 saturated carbocycles. The Kier molecular flexibility index (Phi) is 4.09. The maximum atomic E-state index is 13.4. The van der Waals surface area contributed by atoms with Crippen molar-refractivity contribution >= 4 is 21.6 Å². The molecule has 4 heteroatoms. The second-order valence-corrected chi connectivity index (χ2v) is 4.57. The first kappa shape index (κ1) is 12.0.